The van der Waals surface area contributed by atoms with E-state index in [0.29, 0.717) is 10.0 Å². The maximum absolute atomic E-state index is 6.37. The fourth-order valence-electron chi connectivity index (χ4n) is 2.02. The van der Waals surface area contributed by atoms with Crippen LogP contribution in [0.4, 0.5) is 0 Å². The number of rotatable bonds is 5. The van der Waals surface area contributed by atoms with Gasteiger partial charge in [-0.05, 0) is 36.2 Å². The third-order valence-corrected chi connectivity index (χ3v) is 3.52. The monoisotopic (exact) mass is 293 g/mol. The van der Waals surface area contributed by atoms with E-state index in [1.54, 1.807) is 0 Å². The normalized spacial score (nSPS) is 10.7. The Morgan fingerprint density at radius 3 is 2.21 bits per heavy atom. The molecule has 0 atom stereocenters. The minimum absolute atomic E-state index is 0.701. The SMILES string of the molecule is CCCNCc1cc(Cl)c(-c2ccccc2)c(Cl)c1. The van der Waals surface area contributed by atoms with E-state index in [4.69, 9.17) is 23.2 Å². The second-order valence-corrected chi connectivity index (χ2v) is 5.29. The summed E-state index contributed by atoms with van der Waals surface area (Å²) in [5.41, 5.74) is 3.07. The average molecular weight is 294 g/mol. The van der Waals surface area contributed by atoms with Gasteiger partial charge < -0.3 is 5.32 Å². The summed E-state index contributed by atoms with van der Waals surface area (Å²) < 4.78 is 0. The lowest BCUT2D eigenvalue weighted by Crippen LogP contribution is -2.13. The molecule has 2 aromatic rings. The van der Waals surface area contributed by atoms with Crippen LogP contribution in [0.15, 0.2) is 42.5 Å². The Balaban J connectivity index is 2.28. The minimum Gasteiger partial charge on any atom is -0.313 e. The van der Waals surface area contributed by atoms with E-state index < -0.39 is 0 Å². The molecule has 1 nitrogen and oxygen atoms in total. The second kappa shape index (κ2) is 6.95. The molecule has 0 aliphatic heterocycles. The molecule has 2 aromatic carbocycles. The van der Waals surface area contributed by atoms with Crippen molar-refractivity contribution >= 4 is 23.2 Å². The van der Waals surface area contributed by atoms with Crippen molar-refractivity contribution in [1.82, 2.24) is 5.32 Å². The van der Waals surface area contributed by atoms with Crippen molar-refractivity contribution in [1.29, 1.82) is 0 Å². The van der Waals surface area contributed by atoms with Crippen molar-refractivity contribution < 1.29 is 0 Å². The van der Waals surface area contributed by atoms with Crippen molar-refractivity contribution in [3.63, 3.8) is 0 Å². The third kappa shape index (κ3) is 3.73. The highest BCUT2D eigenvalue weighted by Gasteiger charge is 2.10. The van der Waals surface area contributed by atoms with Crippen LogP contribution in [0.5, 0.6) is 0 Å². The van der Waals surface area contributed by atoms with Crippen molar-refractivity contribution in [2.24, 2.45) is 0 Å². The molecule has 0 bridgehead atoms. The molecule has 0 heterocycles. The van der Waals surface area contributed by atoms with Crippen LogP contribution in [0.25, 0.3) is 11.1 Å². The Bertz CT molecular complexity index is 515. The summed E-state index contributed by atoms with van der Waals surface area (Å²) in [7, 11) is 0. The molecule has 3 heteroatoms. The Hall–Kier alpha value is -1.02. The quantitative estimate of drug-likeness (QED) is 0.751. The van der Waals surface area contributed by atoms with Gasteiger partial charge in [0.15, 0.2) is 0 Å². The van der Waals surface area contributed by atoms with Gasteiger partial charge in [0.1, 0.15) is 0 Å². The highest BCUT2D eigenvalue weighted by atomic mass is 35.5. The van der Waals surface area contributed by atoms with Crippen LogP contribution in [-0.4, -0.2) is 6.54 Å². The van der Waals surface area contributed by atoms with E-state index in [-0.39, 0.29) is 0 Å². The van der Waals surface area contributed by atoms with Gasteiger partial charge in [0.25, 0.3) is 0 Å². The largest absolute Gasteiger partial charge is 0.313 e. The van der Waals surface area contributed by atoms with Gasteiger partial charge in [0, 0.05) is 12.1 Å². The fraction of sp³-hybridized carbons (Fsp3) is 0.250. The Labute approximate surface area is 124 Å². The van der Waals surface area contributed by atoms with Gasteiger partial charge in [0.05, 0.1) is 10.0 Å². The number of hydrogen-bond donors (Lipinski definition) is 1. The zero-order valence-corrected chi connectivity index (χ0v) is 12.4. The van der Waals surface area contributed by atoms with E-state index in [1.165, 1.54) is 0 Å². The summed E-state index contributed by atoms with van der Waals surface area (Å²) in [5.74, 6) is 0. The van der Waals surface area contributed by atoms with Crippen LogP contribution in [0.1, 0.15) is 18.9 Å². The first-order valence-corrected chi connectivity index (χ1v) is 7.22. The van der Waals surface area contributed by atoms with Crippen LogP contribution < -0.4 is 5.32 Å². The molecule has 0 aromatic heterocycles. The smallest absolute Gasteiger partial charge is 0.0502 e. The Kier molecular flexibility index (Phi) is 5.26. The van der Waals surface area contributed by atoms with Crippen molar-refractivity contribution in [3.8, 4) is 11.1 Å². The average Bonchev–Trinajstić information content (AvgIpc) is 2.39. The van der Waals surface area contributed by atoms with Gasteiger partial charge in [-0.3, -0.25) is 0 Å². The molecule has 0 fully saturated rings. The lowest BCUT2D eigenvalue weighted by atomic mass is 10.0. The molecular formula is C16H17Cl2N. The summed E-state index contributed by atoms with van der Waals surface area (Å²) in [5, 5.41) is 4.75. The third-order valence-electron chi connectivity index (χ3n) is 2.92. The van der Waals surface area contributed by atoms with Crippen LogP contribution >= 0.6 is 23.2 Å². The minimum atomic E-state index is 0.701. The molecule has 0 amide bonds. The van der Waals surface area contributed by atoms with Gasteiger partial charge >= 0.3 is 0 Å². The zero-order valence-electron chi connectivity index (χ0n) is 10.9. The first-order valence-electron chi connectivity index (χ1n) is 6.46. The first kappa shape index (κ1) is 14.4. The molecule has 0 aliphatic rings. The number of hydrogen-bond acceptors (Lipinski definition) is 1. The number of benzene rings is 2. The topological polar surface area (TPSA) is 12.0 Å². The van der Waals surface area contributed by atoms with Crippen molar-refractivity contribution in [3.05, 3.63) is 58.1 Å². The fourth-order valence-corrected chi connectivity index (χ4v) is 2.77. The summed E-state index contributed by atoms with van der Waals surface area (Å²) in [6.45, 7) is 3.93. The molecule has 0 unspecified atom stereocenters. The summed E-state index contributed by atoms with van der Waals surface area (Å²) in [6.07, 6.45) is 1.11. The Morgan fingerprint density at radius 2 is 1.63 bits per heavy atom. The molecule has 0 aliphatic carbocycles. The maximum Gasteiger partial charge on any atom is 0.0502 e. The molecule has 1 N–H and O–H groups in total. The van der Waals surface area contributed by atoms with E-state index in [1.807, 2.05) is 42.5 Å². The standard InChI is InChI=1S/C16H17Cl2N/c1-2-8-19-11-12-9-14(17)16(15(18)10-12)13-6-4-3-5-7-13/h3-7,9-10,19H,2,8,11H2,1H3. The van der Waals surface area contributed by atoms with Gasteiger partial charge in [-0.15, -0.1) is 0 Å². The molecule has 0 saturated heterocycles. The van der Waals surface area contributed by atoms with Crippen LogP contribution in [0, 0.1) is 0 Å². The maximum atomic E-state index is 6.37. The van der Waals surface area contributed by atoms with E-state index in [0.717, 1.165) is 36.2 Å². The molecule has 0 spiro atoms. The van der Waals surface area contributed by atoms with Gasteiger partial charge in [-0.2, -0.15) is 0 Å². The molecule has 0 saturated carbocycles. The molecule has 0 radical (unpaired) electrons. The predicted octanol–water partition coefficient (Wildman–Crippen LogP) is 5.16. The van der Waals surface area contributed by atoms with Crippen molar-refractivity contribution in [2.45, 2.75) is 19.9 Å². The highest BCUT2D eigenvalue weighted by Crippen LogP contribution is 2.35. The van der Waals surface area contributed by atoms with Crippen LogP contribution in [0.2, 0.25) is 10.0 Å². The van der Waals surface area contributed by atoms with Gasteiger partial charge in [-0.25, -0.2) is 0 Å². The lowest BCUT2D eigenvalue weighted by molar-refractivity contribution is 0.675. The predicted molar refractivity (Wildman–Crippen MR) is 83.9 cm³/mol. The number of halogens is 2. The van der Waals surface area contributed by atoms with E-state index in [2.05, 4.69) is 12.2 Å². The second-order valence-electron chi connectivity index (χ2n) is 4.48. The van der Waals surface area contributed by atoms with Crippen LogP contribution in [-0.2, 0) is 6.54 Å². The highest BCUT2D eigenvalue weighted by molar-refractivity contribution is 6.39. The van der Waals surface area contributed by atoms with E-state index in [9.17, 15) is 0 Å². The van der Waals surface area contributed by atoms with Gasteiger partial charge in [0.2, 0.25) is 0 Å². The van der Waals surface area contributed by atoms with Gasteiger partial charge in [-0.1, -0.05) is 60.5 Å². The summed E-state index contributed by atoms with van der Waals surface area (Å²) >= 11 is 12.7. The number of nitrogens with one attached hydrogen (secondary N) is 1. The summed E-state index contributed by atoms with van der Waals surface area (Å²) in [6, 6.07) is 14.0. The first-order chi connectivity index (χ1) is 9.22. The molecule has 2 rings (SSSR count). The van der Waals surface area contributed by atoms with E-state index >= 15 is 0 Å². The molecular weight excluding hydrogens is 277 g/mol. The van der Waals surface area contributed by atoms with Crippen molar-refractivity contribution in [2.75, 3.05) is 6.54 Å². The lowest BCUT2D eigenvalue weighted by Gasteiger charge is -2.11. The Morgan fingerprint density at radius 1 is 1.00 bits per heavy atom. The summed E-state index contributed by atoms with van der Waals surface area (Å²) in [4.78, 5) is 0. The van der Waals surface area contributed by atoms with Crippen LogP contribution in [0.3, 0.4) is 0 Å². The molecule has 100 valence electrons. The molecule has 19 heavy (non-hydrogen) atoms. The zero-order chi connectivity index (χ0) is 13.7.